The molecule has 0 aliphatic carbocycles. The number of phosphoric acid groups is 2. The smallest absolute Gasteiger partial charge is 0.822 e. The van der Waals surface area contributed by atoms with Crippen molar-refractivity contribution in [3.8, 4) is 0 Å². The molecule has 0 aliphatic rings. The predicted molar refractivity (Wildman–Crippen MR) is 18.5 cm³/mol. The quantitative estimate of drug-likeness (QED) is 0.306. The molecule has 0 aromatic rings. The summed E-state index contributed by atoms with van der Waals surface area (Å²) in [5.41, 5.74) is 0. The maximum Gasteiger partial charge on any atom is 4.00 e. The Kier molecular flexibility index (Phi) is 15.9. The molecular formula is CNiO8P2. The van der Waals surface area contributed by atoms with Crippen LogP contribution in [0, 0.1) is 7.43 Å². The van der Waals surface area contributed by atoms with Crippen molar-refractivity contribution in [3.05, 3.63) is 7.43 Å². The number of hydrogen-bond donors (Lipinski definition) is 0. The van der Waals surface area contributed by atoms with Gasteiger partial charge in [0, 0.05) is 0 Å². The van der Waals surface area contributed by atoms with Gasteiger partial charge in [-0.25, -0.2) is 0 Å². The van der Waals surface area contributed by atoms with Crippen LogP contribution < -0.4 is 29.4 Å². The Morgan fingerprint density at radius 2 is 0.667 bits per heavy atom. The van der Waals surface area contributed by atoms with E-state index in [0.29, 0.717) is 0 Å². The van der Waals surface area contributed by atoms with Gasteiger partial charge >= 0.3 is 23.9 Å². The summed E-state index contributed by atoms with van der Waals surface area (Å²) in [6.45, 7) is 0. The van der Waals surface area contributed by atoms with Crippen molar-refractivity contribution < 1.29 is 55.0 Å². The van der Waals surface area contributed by atoms with Gasteiger partial charge in [0.15, 0.2) is 0 Å². The Labute approximate surface area is 78.7 Å². The number of rotatable bonds is 0. The molecule has 0 bridgehead atoms. The van der Waals surface area contributed by atoms with Crippen LogP contribution in [0.5, 0.6) is 0 Å². The molecule has 0 N–H and O–H groups in total. The third-order valence-electron chi connectivity index (χ3n) is 0. The first kappa shape index (κ1) is 23.0. The van der Waals surface area contributed by atoms with E-state index in [9.17, 15) is 0 Å². The summed E-state index contributed by atoms with van der Waals surface area (Å²) >= 11 is 0. The molecule has 0 heterocycles. The van der Waals surface area contributed by atoms with E-state index in [-0.39, 0.29) is 23.9 Å². The van der Waals surface area contributed by atoms with Gasteiger partial charge in [0.1, 0.15) is 0 Å². The van der Waals surface area contributed by atoms with Crippen LogP contribution >= 0.6 is 15.6 Å². The largest absolute Gasteiger partial charge is 4.00 e. The molecule has 0 saturated carbocycles. The molecule has 0 aromatic heterocycles. The summed E-state index contributed by atoms with van der Waals surface area (Å²) in [4.78, 5) is 51.3. The van der Waals surface area contributed by atoms with Gasteiger partial charge < -0.3 is 38.5 Å². The molecule has 0 amide bonds. The fourth-order valence-electron chi connectivity index (χ4n) is 0. The average Bonchev–Trinajstić information content (AvgIpc) is 1.12. The zero-order valence-corrected chi connectivity index (χ0v) is 7.75. The van der Waals surface area contributed by atoms with Gasteiger partial charge in [-0.15, -0.1) is 0 Å². The monoisotopic (exact) mass is 260 g/mol. The van der Waals surface area contributed by atoms with Gasteiger partial charge in [0.25, 0.3) is 0 Å². The van der Waals surface area contributed by atoms with Gasteiger partial charge in [-0.05, 0) is 0 Å². The van der Waals surface area contributed by atoms with E-state index in [1.807, 2.05) is 0 Å². The Bertz CT molecular complexity index is 129. The molecule has 0 fully saturated rings. The van der Waals surface area contributed by atoms with E-state index < -0.39 is 15.6 Å². The standard InChI is InChI=1S/C.Ni.2H3O4P/c;;2*1-5(2,3)4/h;;2*(H3,1,2,3,4)/q+4;+2;;/p-6. The Morgan fingerprint density at radius 1 is 0.667 bits per heavy atom. The Morgan fingerprint density at radius 3 is 0.667 bits per heavy atom. The van der Waals surface area contributed by atoms with Gasteiger partial charge in [-0.2, -0.15) is 15.6 Å². The van der Waals surface area contributed by atoms with Crippen molar-refractivity contribution in [3.63, 3.8) is 0 Å². The second-order valence-corrected chi connectivity index (χ2v) is 2.68. The zero-order valence-electron chi connectivity index (χ0n) is 4.98. The minimum Gasteiger partial charge on any atom is -0.822 e. The predicted octanol–water partition coefficient (Wildman–Crippen LogP) is -5.57. The molecule has 72 valence electrons. The summed E-state index contributed by atoms with van der Waals surface area (Å²) in [6, 6.07) is 0. The molecule has 0 rings (SSSR count). The normalized spacial score (nSPS) is 9.83. The zero-order chi connectivity index (χ0) is 9.00. The molecule has 12 heavy (non-hydrogen) atoms. The van der Waals surface area contributed by atoms with Crippen LogP contribution in [0.4, 0.5) is 0 Å². The molecule has 0 radical (unpaired) electrons. The molecule has 0 saturated heterocycles. The van der Waals surface area contributed by atoms with Gasteiger partial charge in [0.2, 0.25) is 0 Å². The van der Waals surface area contributed by atoms with Crippen molar-refractivity contribution in [2.24, 2.45) is 0 Å². The second kappa shape index (κ2) is 8.32. The van der Waals surface area contributed by atoms with Crippen LogP contribution in [0.15, 0.2) is 0 Å². The third kappa shape index (κ3) is 1990. The molecule has 0 aromatic carbocycles. The van der Waals surface area contributed by atoms with Gasteiger partial charge in [-0.3, -0.25) is 0 Å². The average molecular weight is 261 g/mol. The van der Waals surface area contributed by atoms with Crippen molar-refractivity contribution >= 4 is 15.6 Å². The van der Waals surface area contributed by atoms with Crippen molar-refractivity contribution in [1.82, 2.24) is 0 Å². The summed E-state index contributed by atoms with van der Waals surface area (Å²) < 4.78 is 17.1. The van der Waals surface area contributed by atoms with E-state index >= 15 is 0 Å². The Balaban J connectivity index is -0.0000000457. The summed E-state index contributed by atoms with van der Waals surface area (Å²) in [5, 5.41) is 0. The molecule has 11 heteroatoms. The summed E-state index contributed by atoms with van der Waals surface area (Å²) in [7, 11) is -10.8. The van der Waals surface area contributed by atoms with E-state index in [4.69, 9.17) is 38.5 Å². The Hall–Kier alpha value is 0.714. The molecule has 0 atom stereocenters. The van der Waals surface area contributed by atoms with Crippen LogP contribution in [0.3, 0.4) is 0 Å². The molecule has 0 aliphatic heterocycles. The first-order valence-electron chi connectivity index (χ1n) is 1.46. The van der Waals surface area contributed by atoms with Crippen molar-refractivity contribution in [1.29, 1.82) is 0 Å². The molecular weight excluding hydrogens is 261 g/mol. The van der Waals surface area contributed by atoms with E-state index in [2.05, 4.69) is 0 Å². The molecule has 8 nitrogen and oxygen atoms in total. The first-order chi connectivity index (χ1) is 4.00. The van der Waals surface area contributed by atoms with E-state index in [1.165, 1.54) is 0 Å². The third-order valence-corrected chi connectivity index (χ3v) is 0. The fraction of sp³-hybridized carbons (Fsp3) is 0. The SMILES string of the molecule is O=P([O-])([O-])[O-].O=P([O-])([O-])[O-].[C+4].[Ni+2]. The maximum atomic E-state index is 8.55. The maximum absolute atomic E-state index is 8.55. The molecule has 0 unspecified atom stereocenters. The summed E-state index contributed by atoms with van der Waals surface area (Å²) in [6.07, 6.45) is 0. The van der Waals surface area contributed by atoms with Gasteiger partial charge in [-0.1, -0.05) is 0 Å². The van der Waals surface area contributed by atoms with Crippen molar-refractivity contribution in [2.75, 3.05) is 0 Å². The van der Waals surface area contributed by atoms with Crippen LogP contribution in [0.2, 0.25) is 0 Å². The molecule has 0 spiro atoms. The van der Waals surface area contributed by atoms with Gasteiger partial charge in [0.05, 0.1) is 0 Å². The van der Waals surface area contributed by atoms with E-state index in [1.54, 1.807) is 0 Å². The van der Waals surface area contributed by atoms with E-state index in [0.717, 1.165) is 0 Å². The fourth-order valence-corrected chi connectivity index (χ4v) is 0. The van der Waals surface area contributed by atoms with Crippen LogP contribution in [-0.2, 0) is 25.6 Å². The summed E-state index contributed by atoms with van der Waals surface area (Å²) in [5.74, 6) is 0. The van der Waals surface area contributed by atoms with Crippen LogP contribution in [0.1, 0.15) is 0 Å². The second-order valence-electron chi connectivity index (χ2n) is 0.894. The minimum absolute atomic E-state index is 0. The van der Waals surface area contributed by atoms with Crippen molar-refractivity contribution in [2.45, 2.75) is 0 Å². The first-order valence-corrected chi connectivity index (χ1v) is 4.38. The van der Waals surface area contributed by atoms with Crippen LogP contribution in [-0.4, -0.2) is 0 Å². The topological polar surface area (TPSA) is 172 Å². The van der Waals surface area contributed by atoms with Crippen LogP contribution in [0.25, 0.3) is 0 Å². The number of hydrogen-bond acceptors (Lipinski definition) is 8. The minimum atomic E-state index is -5.39.